The van der Waals surface area contributed by atoms with Gasteiger partial charge < -0.3 is 9.30 Å². The smallest absolute Gasteiger partial charge is 0.337 e. The van der Waals surface area contributed by atoms with E-state index >= 15 is 0 Å². The Kier molecular flexibility index (Phi) is 3.90. The standard InChI is InChI=1S/C19H20N2O2/c1-12-6-5-7-13(2)16(12)11-21-14(3)20-17-9-8-15(10-18(17)21)19(22)23-4/h5-10H,11H2,1-4H3. The normalized spacial score (nSPS) is 11.0. The molecule has 0 fully saturated rings. The number of aryl methyl sites for hydroxylation is 3. The summed E-state index contributed by atoms with van der Waals surface area (Å²) in [6, 6.07) is 11.8. The maximum absolute atomic E-state index is 11.8. The third-order valence-corrected chi connectivity index (χ3v) is 4.32. The van der Waals surface area contributed by atoms with Crippen molar-refractivity contribution < 1.29 is 9.53 Å². The molecule has 0 unspecified atom stereocenters. The van der Waals surface area contributed by atoms with Crippen LogP contribution in [0.1, 0.15) is 32.9 Å². The molecule has 2 aromatic carbocycles. The van der Waals surface area contributed by atoms with Gasteiger partial charge in [0.2, 0.25) is 0 Å². The molecule has 0 atom stereocenters. The van der Waals surface area contributed by atoms with Crippen molar-refractivity contribution in [1.29, 1.82) is 0 Å². The number of ether oxygens (including phenoxy) is 1. The molecule has 3 aromatic rings. The van der Waals surface area contributed by atoms with Gasteiger partial charge in [0, 0.05) is 6.54 Å². The lowest BCUT2D eigenvalue weighted by Crippen LogP contribution is -2.06. The van der Waals surface area contributed by atoms with Crippen molar-refractivity contribution in [3.05, 3.63) is 64.5 Å². The van der Waals surface area contributed by atoms with E-state index in [0.29, 0.717) is 5.56 Å². The Morgan fingerprint density at radius 3 is 2.48 bits per heavy atom. The number of hydrogen-bond donors (Lipinski definition) is 0. The Labute approximate surface area is 135 Å². The predicted octanol–water partition coefficient (Wildman–Crippen LogP) is 3.80. The van der Waals surface area contributed by atoms with E-state index in [-0.39, 0.29) is 5.97 Å². The van der Waals surface area contributed by atoms with Gasteiger partial charge in [-0.15, -0.1) is 0 Å². The zero-order valence-electron chi connectivity index (χ0n) is 13.9. The number of carbonyl (C=O) groups is 1. The number of fused-ring (bicyclic) bond motifs is 1. The molecule has 0 radical (unpaired) electrons. The number of esters is 1. The fourth-order valence-electron chi connectivity index (χ4n) is 2.94. The van der Waals surface area contributed by atoms with E-state index in [1.807, 2.05) is 19.1 Å². The second-order valence-electron chi connectivity index (χ2n) is 5.81. The molecule has 0 aliphatic heterocycles. The van der Waals surface area contributed by atoms with Gasteiger partial charge in [0.25, 0.3) is 0 Å². The molecule has 0 aliphatic carbocycles. The molecule has 0 aliphatic rings. The molecule has 0 saturated carbocycles. The molecule has 0 N–H and O–H groups in total. The average Bonchev–Trinajstić information content (AvgIpc) is 2.85. The summed E-state index contributed by atoms with van der Waals surface area (Å²) in [6.45, 7) is 6.98. The van der Waals surface area contributed by atoms with Crippen LogP contribution in [0.25, 0.3) is 11.0 Å². The lowest BCUT2D eigenvalue weighted by molar-refractivity contribution is 0.0601. The summed E-state index contributed by atoms with van der Waals surface area (Å²) in [4.78, 5) is 16.4. The topological polar surface area (TPSA) is 44.1 Å². The van der Waals surface area contributed by atoms with E-state index in [9.17, 15) is 4.79 Å². The highest BCUT2D eigenvalue weighted by Crippen LogP contribution is 2.22. The summed E-state index contributed by atoms with van der Waals surface area (Å²) >= 11 is 0. The van der Waals surface area contributed by atoms with Gasteiger partial charge in [-0.05, 0) is 55.7 Å². The van der Waals surface area contributed by atoms with Crippen LogP contribution in [0.4, 0.5) is 0 Å². The second-order valence-corrected chi connectivity index (χ2v) is 5.81. The van der Waals surface area contributed by atoms with Gasteiger partial charge in [-0.1, -0.05) is 18.2 Å². The van der Waals surface area contributed by atoms with E-state index in [1.165, 1.54) is 23.8 Å². The van der Waals surface area contributed by atoms with Crippen LogP contribution in [0, 0.1) is 20.8 Å². The zero-order valence-corrected chi connectivity index (χ0v) is 13.9. The first-order valence-electron chi connectivity index (χ1n) is 7.61. The molecule has 4 nitrogen and oxygen atoms in total. The van der Waals surface area contributed by atoms with Crippen molar-refractivity contribution in [3.63, 3.8) is 0 Å². The minimum Gasteiger partial charge on any atom is -0.465 e. The molecule has 23 heavy (non-hydrogen) atoms. The molecule has 0 saturated heterocycles. The highest BCUT2D eigenvalue weighted by atomic mass is 16.5. The molecule has 0 bridgehead atoms. The van der Waals surface area contributed by atoms with Crippen molar-refractivity contribution in [1.82, 2.24) is 9.55 Å². The first-order valence-corrected chi connectivity index (χ1v) is 7.61. The number of methoxy groups -OCH3 is 1. The lowest BCUT2D eigenvalue weighted by Gasteiger charge is -2.13. The monoisotopic (exact) mass is 308 g/mol. The second kappa shape index (κ2) is 5.88. The van der Waals surface area contributed by atoms with Gasteiger partial charge in [0.15, 0.2) is 0 Å². The van der Waals surface area contributed by atoms with Crippen molar-refractivity contribution in [2.45, 2.75) is 27.3 Å². The highest BCUT2D eigenvalue weighted by molar-refractivity contribution is 5.93. The lowest BCUT2D eigenvalue weighted by atomic mass is 10.0. The van der Waals surface area contributed by atoms with Crippen LogP contribution in [0.2, 0.25) is 0 Å². The molecule has 118 valence electrons. The number of carbonyl (C=O) groups excluding carboxylic acids is 1. The van der Waals surface area contributed by atoms with Gasteiger partial charge in [-0.25, -0.2) is 9.78 Å². The number of aromatic nitrogens is 2. The summed E-state index contributed by atoms with van der Waals surface area (Å²) in [5.41, 5.74) is 6.20. The number of rotatable bonds is 3. The Bertz CT molecular complexity index is 874. The Morgan fingerprint density at radius 1 is 1.13 bits per heavy atom. The van der Waals surface area contributed by atoms with Crippen LogP contribution in [-0.2, 0) is 11.3 Å². The molecule has 4 heteroatoms. The number of benzene rings is 2. The molecule has 3 rings (SSSR count). The number of nitrogens with zero attached hydrogens (tertiary/aromatic N) is 2. The van der Waals surface area contributed by atoms with Crippen molar-refractivity contribution >= 4 is 17.0 Å². The molecule has 1 aromatic heterocycles. The molecule has 0 amide bonds. The molecular weight excluding hydrogens is 288 g/mol. The van der Waals surface area contributed by atoms with E-state index in [2.05, 4.69) is 41.6 Å². The average molecular weight is 308 g/mol. The van der Waals surface area contributed by atoms with Crippen LogP contribution in [-0.4, -0.2) is 22.6 Å². The first-order chi connectivity index (χ1) is 11.0. The largest absolute Gasteiger partial charge is 0.465 e. The van der Waals surface area contributed by atoms with Gasteiger partial charge in [-0.2, -0.15) is 0 Å². The van der Waals surface area contributed by atoms with Gasteiger partial charge >= 0.3 is 5.97 Å². The van der Waals surface area contributed by atoms with Crippen LogP contribution < -0.4 is 0 Å². The maximum Gasteiger partial charge on any atom is 0.337 e. The summed E-state index contributed by atoms with van der Waals surface area (Å²) in [7, 11) is 1.39. The van der Waals surface area contributed by atoms with Crippen molar-refractivity contribution in [2.24, 2.45) is 0 Å². The zero-order chi connectivity index (χ0) is 16.6. The summed E-state index contributed by atoms with van der Waals surface area (Å²) in [5, 5.41) is 0. The van der Waals surface area contributed by atoms with Gasteiger partial charge in [-0.3, -0.25) is 0 Å². The molecule has 1 heterocycles. The molecular formula is C19H20N2O2. The third-order valence-electron chi connectivity index (χ3n) is 4.32. The van der Waals surface area contributed by atoms with Gasteiger partial charge in [0.1, 0.15) is 5.82 Å². The van der Waals surface area contributed by atoms with Crippen LogP contribution >= 0.6 is 0 Å². The first kappa shape index (κ1) is 15.3. The maximum atomic E-state index is 11.8. The van der Waals surface area contributed by atoms with Crippen LogP contribution in [0.15, 0.2) is 36.4 Å². The van der Waals surface area contributed by atoms with Crippen LogP contribution in [0.3, 0.4) is 0 Å². The van der Waals surface area contributed by atoms with Gasteiger partial charge in [0.05, 0.1) is 23.7 Å². The Morgan fingerprint density at radius 2 is 1.83 bits per heavy atom. The van der Waals surface area contributed by atoms with E-state index in [1.54, 1.807) is 6.07 Å². The summed E-state index contributed by atoms with van der Waals surface area (Å²) in [5.74, 6) is 0.606. The Hall–Kier alpha value is -2.62. The number of hydrogen-bond acceptors (Lipinski definition) is 3. The minimum absolute atomic E-state index is 0.329. The quantitative estimate of drug-likeness (QED) is 0.691. The van der Waals surface area contributed by atoms with E-state index < -0.39 is 0 Å². The van der Waals surface area contributed by atoms with Crippen molar-refractivity contribution in [3.8, 4) is 0 Å². The molecule has 0 spiro atoms. The third kappa shape index (κ3) is 2.72. The SMILES string of the molecule is COC(=O)c1ccc2nc(C)n(Cc3c(C)cccc3C)c2c1. The highest BCUT2D eigenvalue weighted by Gasteiger charge is 2.13. The fourth-order valence-corrected chi connectivity index (χ4v) is 2.94. The van der Waals surface area contributed by atoms with E-state index in [0.717, 1.165) is 23.4 Å². The fraction of sp³-hybridized carbons (Fsp3) is 0.263. The van der Waals surface area contributed by atoms with Crippen LogP contribution in [0.5, 0.6) is 0 Å². The Balaban J connectivity index is 2.13. The number of imidazole rings is 1. The summed E-state index contributed by atoms with van der Waals surface area (Å²) < 4.78 is 6.97. The van der Waals surface area contributed by atoms with Crippen molar-refractivity contribution in [2.75, 3.05) is 7.11 Å². The predicted molar refractivity (Wildman–Crippen MR) is 90.8 cm³/mol. The summed E-state index contributed by atoms with van der Waals surface area (Å²) in [6.07, 6.45) is 0. The van der Waals surface area contributed by atoms with E-state index in [4.69, 9.17) is 4.74 Å². The minimum atomic E-state index is -0.329.